The van der Waals surface area contributed by atoms with Crippen LogP contribution in [0.5, 0.6) is 0 Å². The van der Waals surface area contributed by atoms with Crippen LogP contribution < -0.4 is 11.1 Å². The Balaban J connectivity index is 1.90. The van der Waals surface area contributed by atoms with Gasteiger partial charge in [-0.25, -0.2) is 14.3 Å². The topological polar surface area (TPSA) is 96.8 Å². The first-order valence-electron chi connectivity index (χ1n) is 8.09. The standard InChI is InChI=1S/C17H16N6O3/c1-26-8-2-5-21-6-3-14-12(16(21)24)9-13-15(20-14)4-7-23(17(13)25)22-10-18-19-11-22/h3-4,6-7,9-11H,2,5,8H2,1H3. The lowest BCUT2D eigenvalue weighted by Crippen LogP contribution is -2.25. The van der Waals surface area contributed by atoms with E-state index in [1.165, 1.54) is 22.0 Å². The molecule has 0 aromatic carbocycles. The minimum atomic E-state index is -0.300. The number of hydrogen-bond acceptors (Lipinski definition) is 6. The van der Waals surface area contributed by atoms with Crippen molar-refractivity contribution in [1.82, 2.24) is 29.1 Å². The molecule has 0 saturated heterocycles. The molecule has 9 nitrogen and oxygen atoms in total. The fourth-order valence-corrected chi connectivity index (χ4v) is 2.90. The Hall–Kier alpha value is -3.33. The van der Waals surface area contributed by atoms with Gasteiger partial charge in [-0.05, 0) is 24.6 Å². The molecule has 0 radical (unpaired) electrons. The maximum atomic E-state index is 12.8. The number of hydrogen-bond donors (Lipinski definition) is 0. The second kappa shape index (κ2) is 6.52. The highest BCUT2D eigenvalue weighted by atomic mass is 16.5. The second-order valence-corrected chi connectivity index (χ2v) is 5.82. The number of fused-ring (bicyclic) bond motifs is 2. The molecule has 4 aromatic rings. The molecule has 0 unspecified atom stereocenters. The van der Waals surface area contributed by atoms with Gasteiger partial charge in [-0.15, -0.1) is 10.2 Å². The molecule has 0 spiro atoms. The normalized spacial score (nSPS) is 11.4. The van der Waals surface area contributed by atoms with Crippen molar-refractivity contribution in [2.75, 3.05) is 13.7 Å². The third-order valence-corrected chi connectivity index (χ3v) is 4.20. The minimum absolute atomic E-state index is 0.174. The number of ether oxygens (including phenoxy) is 1. The van der Waals surface area contributed by atoms with Crippen LogP contribution in [0.4, 0.5) is 0 Å². The SMILES string of the molecule is COCCCn1ccc2nc3ccn(-n4cnnc4)c(=O)c3cc2c1=O. The highest BCUT2D eigenvalue weighted by molar-refractivity contribution is 5.91. The highest BCUT2D eigenvalue weighted by Gasteiger charge is 2.10. The van der Waals surface area contributed by atoms with Gasteiger partial charge in [0.15, 0.2) is 0 Å². The van der Waals surface area contributed by atoms with Gasteiger partial charge >= 0.3 is 0 Å². The Kier molecular flexibility index (Phi) is 4.05. The van der Waals surface area contributed by atoms with Gasteiger partial charge in [-0.2, -0.15) is 0 Å². The molecule has 4 rings (SSSR count). The van der Waals surface area contributed by atoms with Crippen LogP contribution in [0.2, 0.25) is 0 Å². The van der Waals surface area contributed by atoms with E-state index >= 15 is 0 Å². The van der Waals surface area contributed by atoms with E-state index in [0.29, 0.717) is 35.0 Å². The zero-order valence-electron chi connectivity index (χ0n) is 14.1. The van der Waals surface area contributed by atoms with Crippen molar-refractivity contribution in [2.45, 2.75) is 13.0 Å². The van der Waals surface area contributed by atoms with Gasteiger partial charge in [0.25, 0.3) is 11.1 Å². The summed E-state index contributed by atoms with van der Waals surface area (Å²) in [4.78, 5) is 30.0. The molecule has 26 heavy (non-hydrogen) atoms. The fourth-order valence-electron chi connectivity index (χ4n) is 2.90. The third-order valence-electron chi connectivity index (χ3n) is 4.20. The van der Waals surface area contributed by atoms with Gasteiger partial charge in [-0.1, -0.05) is 0 Å². The number of pyridine rings is 3. The molecular weight excluding hydrogens is 336 g/mol. The molecule has 132 valence electrons. The lowest BCUT2D eigenvalue weighted by atomic mass is 10.2. The smallest absolute Gasteiger partial charge is 0.279 e. The van der Waals surface area contributed by atoms with Crippen LogP contribution in [0.25, 0.3) is 21.8 Å². The third kappa shape index (κ3) is 2.68. The van der Waals surface area contributed by atoms with E-state index in [4.69, 9.17) is 4.74 Å². The summed E-state index contributed by atoms with van der Waals surface area (Å²) < 4.78 is 9.45. The van der Waals surface area contributed by atoms with Crippen molar-refractivity contribution in [3.8, 4) is 0 Å². The van der Waals surface area contributed by atoms with Gasteiger partial charge in [0.2, 0.25) is 0 Å². The summed E-state index contributed by atoms with van der Waals surface area (Å²) in [5, 5.41) is 8.18. The van der Waals surface area contributed by atoms with Crippen LogP contribution in [0.1, 0.15) is 6.42 Å². The van der Waals surface area contributed by atoms with E-state index in [1.807, 2.05) is 0 Å². The van der Waals surface area contributed by atoms with E-state index in [0.717, 1.165) is 6.42 Å². The lowest BCUT2D eigenvalue weighted by molar-refractivity contribution is 0.190. The molecular formula is C17H16N6O3. The Labute approximate surface area is 147 Å². The second-order valence-electron chi connectivity index (χ2n) is 5.82. The zero-order chi connectivity index (χ0) is 18.1. The summed E-state index contributed by atoms with van der Waals surface area (Å²) in [6.45, 7) is 1.12. The van der Waals surface area contributed by atoms with Crippen molar-refractivity contribution in [3.63, 3.8) is 0 Å². The summed E-state index contributed by atoms with van der Waals surface area (Å²) >= 11 is 0. The van der Waals surface area contributed by atoms with Crippen molar-refractivity contribution in [3.05, 3.63) is 64.0 Å². The van der Waals surface area contributed by atoms with Crippen LogP contribution in [-0.4, -0.2) is 42.8 Å². The first-order valence-corrected chi connectivity index (χ1v) is 8.09. The zero-order valence-corrected chi connectivity index (χ0v) is 14.1. The average Bonchev–Trinajstić information content (AvgIpc) is 3.18. The van der Waals surface area contributed by atoms with E-state index in [2.05, 4.69) is 15.2 Å². The quantitative estimate of drug-likeness (QED) is 0.386. The molecule has 0 N–H and O–H groups in total. The predicted molar refractivity (Wildman–Crippen MR) is 95.1 cm³/mol. The van der Waals surface area contributed by atoms with Gasteiger partial charge < -0.3 is 9.30 Å². The molecule has 0 aliphatic rings. The summed E-state index contributed by atoms with van der Waals surface area (Å²) in [7, 11) is 1.63. The van der Waals surface area contributed by atoms with Crippen molar-refractivity contribution in [1.29, 1.82) is 0 Å². The van der Waals surface area contributed by atoms with Crippen molar-refractivity contribution >= 4 is 21.8 Å². The highest BCUT2D eigenvalue weighted by Crippen LogP contribution is 2.14. The molecule has 0 aliphatic heterocycles. The molecule has 0 amide bonds. The molecule has 4 aromatic heterocycles. The molecule has 0 aliphatic carbocycles. The Bertz CT molecular complexity index is 1190. The summed E-state index contributed by atoms with van der Waals surface area (Å²) in [6.07, 6.45) is 6.88. The summed E-state index contributed by atoms with van der Waals surface area (Å²) in [5.74, 6) is 0. The molecule has 0 saturated carbocycles. The number of methoxy groups -OCH3 is 1. The molecule has 0 bridgehead atoms. The van der Waals surface area contributed by atoms with Crippen molar-refractivity contribution < 1.29 is 4.74 Å². The Morgan fingerprint density at radius 3 is 2.42 bits per heavy atom. The monoisotopic (exact) mass is 352 g/mol. The predicted octanol–water partition coefficient (Wildman–Crippen LogP) is 0.651. The number of aromatic nitrogens is 6. The first-order chi connectivity index (χ1) is 12.7. The first kappa shape index (κ1) is 16.2. The number of rotatable bonds is 5. The molecule has 4 heterocycles. The van der Waals surface area contributed by atoms with Gasteiger partial charge in [0.1, 0.15) is 12.7 Å². The van der Waals surface area contributed by atoms with Crippen LogP contribution in [0.3, 0.4) is 0 Å². The van der Waals surface area contributed by atoms with Crippen LogP contribution in [0, 0.1) is 0 Å². The summed E-state index contributed by atoms with van der Waals surface area (Å²) in [5.41, 5.74) is 0.619. The maximum Gasteiger partial charge on any atom is 0.279 e. The largest absolute Gasteiger partial charge is 0.385 e. The van der Waals surface area contributed by atoms with E-state index in [1.54, 1.807) is 42.3 Å². The fraction of sp³-hybridized carbons (Fsp3) is 0.235. The van der Waals surface area contributed by atoms with E-state index in [9.17, 15) is 9.59 Å². The summed E-state index contributed by atoms with van der Waals surface area (Å²) in [6, 6.07) is 5.12. The molecule has 9 heteroatoms. The number of aryl methyl sites for hydroxylation is 1. The van der Waals surface area contributed by atoms with Gasteiger partial charge in [-0.3, -0.25) is 9.59 Å². The Morgan fingerprint density at radius 1 is 1.00 bits per heavy atom. The van der Waals surface area contributed by atoms with Crippen LogP contribution in [-0.2, 0) is 11.3 Å². The minimum Gasteiger partial charge on any atom is -0.385 e. The van der Waals surface area contributed by atoms with Crippen LogP contribution in [0.15, 0.2) is 52.8 Å². The Morgan fingerprint density at radius 2 is 1.69 bits per heavy atom. The van der Waals surface area contributed by atoms with E-state index < -0.39 is 0 Å². The lowest BCUT2D eigenvalue weighted by Gasteiger charge is -2.09. The van der Waals surface area contributed by atoms with Gasteiger partial charge in [0.05, 0.1) is 21.8 Å². The average molecular weight is 352 g/mol. The molecule has 0 fully saturated rings. The van der Waals surface area contributed by atoms with E-state index in [-0.39, 0.29) is 11.1 Å². The van der Waals surface area contributed by atoms with Crippen molar-refractivity contribution in [2.24, 2.45) is 0 Å². The molecule has 0 atom stereocenters. The maximum absolute atomic E-state index is 12.8. The van der Waals surface area contributed by atoms with Crippen LogP contribution >= 0.6 is 0 Å². The number of nitrogens with zero attached hydrogens (tertiary/aromatic N) is 6. The van der Waals surface area contributed by atoms with Gasteiger partial charge in [0, 0.05) is 32.7 Å².